The summed E-state index contributed by atoms with van der Waals surface area (Å²) in [6.07, 6.45) is 1.85. The molecule has 1 aliphatic heterocycles. The molecule has 0 aromatic carbocycles. The van der Waals surface area contributed by atoms with Gasteiger partial charge in [-0.3, -0.25) is 4.90 Å². The molecule has 1 aliphatic rings. The van der Waals surface area contributed by atoms with Crippen molar-refractivity contribution < 1.29 is 0 Å². The van der Waals surface area contributed by atoms with Crippen molar-refractivity contribution in [2.24, 2.45) is 11.5 Å². The van der Waals surface area contributed by atoms with Crippen molar-refractivity contribution >= 4 is 0 Å². The van der Waals surface area contributed by atoms with Crippen LogP contribution < -0.4 is 16.8 Å². The molecule has 4 nitrogen and oxygen atoms in total. The Morgan fingerprint density at radius 1 is 1.36 bits per heavy atom. The van der Waals surface area contributed by atoms with Gasteiger partial charge >= 0.3 is 0 Å². The average molecular weight is 156 g/mol. The van der Waals surface area contributed by atoms with Crippen LogP contribution in [-0.4, -0.2) is 37.6 Å². The molecular weight excluding hydrogens is 140 g/mol. The van der Waals surface area contributed by atoms with Crippen LogP contribution in [0.25, 0.3) is 0 Å². The van der Waals surface area contributed by atoms with Crippen LogP contribution in [0.1, 0.15) is 0 Å². The lowest BCUT2D eigenvalue weighted by Crippen LogP contribution is -2.43. The molecular formula is C7H16N4. The zero-order valence-electron chi connectivity index (χ0n) is 6.71. The molecule has 1 saturated heterocycles. The Balaban J connectivity index is 2.19. The van der Waals surface area contributed by atoms with Crippen LogP contribution in [0.2, 0.25) is 0 Å². The summed E-state index contributed by atoms with van der Waals surface area (Å²) in [7, 11) is 0. The molecule has 0 radical (unpaired) electrons. The first-order valence-electron chi connectivity index (χ1n) is 3.93. The van der Waals surface area contributed by atoms with E-state index in [0.717, 1.165) is 32.7 Å². The van der Waals surface area contributed by atoms with E-state index in [9.17, 15) is 0 Å². The molecule has 0 aliphatic carbocycles. The third kappa shape index (κ3) is 3.25. The Morgan fingerprint density at radius 2 is 2.00 bits per heavy atom. The van der Waals surface area contributed by atoms with Gasteiger partial charge < -0.3 is 16.8 Å². The normalized spacial score (nSPS) is 19.6. The standard InChI is InChI=1S/C7H16N4/c8-7(9)1-4-11-5-2-10-3-6-11/h1,10H,2-6,8-9H2. The molecule has 11 heavy (non-hydrogen) atoms. The number of hydrogen-bond acceptors (Lipinski definition) is 4. The van der Waals surface area contributed by atoms with Crippen molar-refractivity contribution in [3.8, 4) is 0 Å². The molecule has 0 bridgehead atoms. The minimum absolute atomic E-state index is 0.420. The van der Waals surface area contributed by atoms with Crippen LogP contribution in [0.4, 0.5) is 0 Å². The lowest BCUT2D eigenvalue weighted by atomic mass is 10.3. The van der Waals surface area contributed by atoms with Gasteiger partial charge in [-0.05, 0) is 6.08 Å². The maximum absolute atomic E-state index is 5.31. The topological polar surface area (TPSA) is 67.3 Å². The minimum atomic E-state index is 0.420. The molecule has 0 aromatic rings. The zero-order valence-corrected chi connectivity index (χ0v) is 6.71. The predicted molar refractivity (Wildman–Crippen MR) is 45.8 cm³/mol. The maximum atomic E-state index is 5.31. The van der Waals surface area contributed by atoms with Gasteiger partial charge in [-0.1, -0.05) is 0 Å². The fourth-order valence-electron chi connectivity index (χ4n) is 1.13. The van der Waals surface area contributed by atoms with E-state index < -0.39 is 0 Å². The van der Waals surface area contributed by atoms with Crippen molar-refractivity contribution in [1.82, 2.24) is 10.2 Å². The monoisotopic (exact) mass is 156 g/mol. The molecule has 0 amide bonds. The molecule has 1 fully saturated rings. The van der Waals surface area contributed by atoms with Crippen molar-refractivity contribution in [1.29, 1.82) is 0 Å². The van der Waals surface area contributed by atoms with Crippen LogP contribution in [0.3, 0.4) is 0 Å². The highest BCUT2D eigenvalue weighted by Gasteiger charge is 2.06. The Kier molecular flexibility index (Phi) is 3.19. The molecule has 64 valence electrons. The van der Waals surface area contributed by atoms with E-state index in [1.165, 1.54) is 0 Å². The van der Waals surface area contributed by atoms with Crippen LogP contribution in [0.15, 0.2) is 11.9 Å². The number of rotatable bonds is 2. The van der Waals surface area contributed by atoms with E-state index in [1.54, 1.807) is 0 Å². The minimum Gasteiger partial charge on any atom is -0.386 e. The summed E-state index contributed by atoms with van der Waals surface area (Å²) in [5.41, 5.74) is 10.6. The lowest BCUT2D eigenvalue weighted by molar-refractivity contribution is 0.264. The van der Waals surface area contributed by atoms with E-state index in [0.29, 0.717) is 5.82 Å². The molecule has 0 aromatic heterocycles. The predicted octanol–water partition coefficient (Wildman–Crippen LogP) is -1.35. The SMILES string of the molecule is NC(N)=CCN1CCNCC1. The van der Waals surface area contributed by atoms with Crippen molar-refractivity contribution in [2.45, 2.75) is 0 Å². The fraction of sp³-hybridized carbons (Fsp3) is 0.714. The average Bonchev–Trinajstić information content (AvgIpc) is 2.03. The molecule has 4 heteroatoms. The summed E-state index contributed by atoms with van der Waals surface area (Å²) < 4.78 is 0. The molecule has 0 saturated carbocycles. The van der Waals surface area contributed by atoms with E-state index in [-0.39, 0.29) is 0 Å². The summed E-state index contributed by atoms with van der Waals surface area (Å²) in [5, 5.41) is 3.28. The summed E-state index contributed by atoms with van der Waals surface area (Å²) in [5.74, 6) is 0.420. The van der Waals surface area contributed by atoms with Crippen molar-refractivity contribution in [2.75, 3.05) is 32.7 Å². The molecule has 5 N–H and O–H groups in total. The van der Waals surface area contributed by atoms with E-state index in [2.05, 4.69) is 10.2 Å². The quantitative estimate of drug-likeness (QED) is 0.462. The number of nitrogens with one attached hydrogen (secondary N) is 1. The number of nitrogens with two attached hydrogens (primary N) is 2. The largest absolute Gasteiger partial charge is 0.386 e. The Bertz CT molecular complexity index is 133. The number of nitrogens with zero attached hydrogens (tertiary/aromatic N) is 1. The van der Waals surface area contributed by atoms with Gasteiger partial charge in [-0.25, -0.2) is 0 Å². The molecule has 0 spiro atoms. The first-order chi connectivity index (χ1) is 5.29. The van der Waals surface area contributed by atoms with Gasteiger partial charge in [0.1, 0.15) is 0 Å². The first kappa shape index (κ1) is 8.36. The molecule has 0 atom stereocenters. The third-order valence-electron chi connectivity index (χ3n) is 1.79. The highest BCUT2D eigenvalue weighted by atomic mass is 15.2. The maximum Gasteiger partial charge on any atom is 0.0905 e. The smallest absolute Gasteiger partial charge is 0.0905 e. The number of hydrogen-bond donors (Lipinski definition) is 3. The van der Waals surface area contributed by atoms with E-state index in [1.807, 2.05) is 6.08 Å². The zero-order chi connectivity index (χ0) is 8.10. The van der Waals surface area contributed by atoms with Crippen molar-refractivity contribution in [3.63, 3.8) is 0 Å². The third-order valence-corrected chi connectivity index (χ3v) is 1.79. The second-order valence-corrected chi connectivity index (χ2v) is 2.75. The summed E-state index contributed by atoms with van der Waals surface area (Å²) in [6, 6.07) is 0. The van der Waals surface area contributed by atoms with Crippen LogP contribution in [0.5, 0.6) is 0 Å². The van der Waals surface area contributed by atoms with Gasteiger partial charge in [-0.15, -0.1) is 0 Å². The number of piperazine rings is 1. The second kappa shape index (κ2) is 4.20. The van der Waals surface area contributed by atoms with Gasteiger partial charge in [0.05, 0.1) is 5.82 Å². The lowest BCUT2D eigenvalue weighted by Gasteiger charge is -2.25. The van der Waals surface area contributed by atoms with Crippen LogP contribution in [-0.2, 0) is 0 Å². The van der Waals surface area contributed by atoms with Crippen LogP contribution in [0, 0.1) is 0 Å². The van der Waals surface area contributed by atoms with E-state index in [4.69, 9.17) is 11.5 Å². The Hall–Kier alpha value is -0.740. The van der Waals surface area contributed by atoms with Gasteiger partial charge in [0.25, 0.3) is 0 Å². The first-order valence-corrected chi connectivity index (χ1v) is 3.93. The molecule has 0 unspecified atom stereocenters. The van der Waals surface area contributed by atoms with Gasteiger partial charge in [0.2, 0.25) is 0 Å². The van der Waals surface area contributed by atoms with Gasteiger partial charge in [0.15, 0.2) is 0 Å². The van der Waals surface area contributed by atoms with Gasteiger partial charge in [-0.2, -0.15) is 0 Å². The highest BCUT2D eigenvalue weighted by molar-refractivity contribution is 4.92. The highest BCUT2D eigenvalue weighted by Crippen LogP contribution is 1.91. The Labute approximate surface area is 67.2 Å². The summed E-state index contributed by atoms with van der Waals surface area (Å²) in [4.78, 5) is 2.32. The summed E-state index contributed by atoms with van der Waals surface area (Å²) >= 11 is 0. The second-order valence-electron chi connectivity index (χ2n) is 2.75. The Morgan fingerprint density at radius 3 is 2.55 bits per heavy atom. The van der Waals surface area contributed by atoms with Crippen molar-refractivity contribution in [3.05, 3.63) is 11.9 Å². The van der Waals surface area contributed by atoms with E-state index >= 15 is 0 Å². The summed E-state index contributed by atoms with van der Waals surface area (Å²) in [6.45, 7) is 5.19. The molecule has 1 rings (SSSR count). The van der Waals surface area contributed by atoms with Gasteiger partial charge in [0, 0.05) is 32.7 Å². The molecule has 1 heterocycles. The van der Waals surface area contributed by atoms with Crippen LogP contribution >= 0.6 is 0 Å². The fourth-order valence-corrected chi connectivity index (χ4v) is 1.13.